The van der Waals surface area contributed by atoms with Gasteiger partial charge in [0, 0.05) is 39.8 Å². The fourth-order valence-corrected chi connectivity index (χ4v) is 4.18. The van der Waals surface area contributed by atoms with Gasteiger partial charge in [0.05, 0.1) is 5.69 Å². The van der Waals surface area contributed by atoms with Crippen molar-refractivity contribution in [1.29, 1.82) is 0 Å². The van der Waals surface area contributed by atoms with E-state index < -0.39 is 0 Å². The number of halogens is 1. The third-order valence-corrected chi connectivity index (χ3v) is 5.97. The highest BCUT2D eigenvalue weighted by Crippen LogP contribution is 2.21. The fraction of sp³-hybridized carbons (Fsp3) is 0.667. The zero-order chi connectivity index (χ0) is 19.1. The number of benzene rings is 1. The SMILES string of the molecule is CCN1CCC(CCNC(=NC)N2CCN(c3ccccc3F)CC2)CC1. The Hall–Kier alpha value is -1.82. The summed E-state index contributed by atoms with van der Waals surface area (Å²) in [5.74, 6) is 1.67. The van der Waals surface area contributed by atoms with Crippen LogP contribution in [0.4, 0.5) is 10.1 Å². The highest BCUT2D eigenvalue weighted by atomic mass is 19.1. The molecular formula is C21H34FN5. The molecule has 0 spiro atoms. The lowest BCUT2D eigenvalue weighted by Crippen LogP contribution is -2.53. The largest absolute Gasteiger partial charge is 0.366 e. The molecule has 2 heterocycles. The first-order valence-corrected chi connectivity index (χ1v) is 10.4. The molecule has 3 rings (SSSR count). The molecule has 0 saturated carbocycles. The van der Waals surface area contributed by atoms with Crippen LogP contribution in [0, 0.1) is 11.7 Å². The van der Waals surface area contributed by atoms with Crippen molar-refractivity contribution in [3.63, 3.8) is 0 Å². The minimum absolute atomic E-state index is 0.137. The van der Waals surface area contributed by atoms with E-state index in [0.29, 0.717) is 5.69 Å². The zero-order valence-electron chi connectivity index (χ0n) is 16.8. The molecule has 1 aromatic rings. The number of aliphatic imine (C=N–C) groups is 1. The summed E-state index contributed by atoms with van der Waals surface area (Å²) in [6.07, 6.45) is 3.84. The van der Waals surface area contributed by atoms with E-state index in [-0.39, 0.29) is 5.82 Å². The van der Waals surface area contributed by atoms with Crippen LogP contribution in [0.1, 0.15) is 26.2 Å². The predicted molar refractivity (Wildman–Crippen MR) is 111 cm³/mol. The number of piperidine rings is 1. The smallest absolute Gasteiger partial charge is 0.193 e. The molecule has 0 aromatic heterocycles. The normalized spacial score (nSPS) is 20.2. The number of nitrogens with zero attached hydrogens (tertiary/aromatic N) is 4. The molecule has 1 N–H and O–H groups in total. The lowest BCUT2D eigenvalue weighted by Gasteiger charge is -2.38. The van der Waals surface area contributed by atoms with E-state index in [1.165, 1.54) is 45.0 Å². The third-order valence-electron chi connectivity index (χ3n) is 5.97. The number of hydrogen-bond acceptors (Lipinski definition) is 3. The van der Waals surface area contributed by atoms with E-state index in [9.17, 15) is 4.39 Å². The predicted octanol–water partition coefficient (Wildman–Crippen LogP) is 2.65. The molecule has 2 fully saturated rings. The summed E-state index contributed by atoms with van der Waals surface area (Å²) in [6, 6.07) is 7.04. The van der Waals surface area contributed by atoms with Gasteiger partial charge in [-0.05, 0) is 56.9 Å². The van der Waals surface area contributed by atoms with Crippen molar-refractivity contribution in [3.8, 4) is 0 Å². The molecule has 150 valence electrons. The number of nitrogens with one attached hydrogen (secondary N) is 1. The van der Waals surface area contributed by atoms with Gasteiger partial charge in [-0.3, -0.25) is 4.99 Å². The quantitative estimate of drug-likeness (QED) is 0.634. The average Bonchev–Trinajstić information content (AvgIpc) is 2.72. The minimum atomic E-state index is -0.137. The Labute approximate surface area is 163 Å². The van der Waals surface area contributed by atoms with Crippen LogP contribution in [-0.2, 0) is 0 Å². The van der Waals surface area contributed by atoms with Gasteiger partial charge in [-0.25, -0.2) is 4.39 Å². The first-order valence-electron chi connectivity index (χ1n) is 10.4. The van der Waals surface area contributed by atoms with Crippen molar-refractivity contribution in [2.45, 2.75) is 26.2 Å². The molecule has 2 aliphatic rings. The molecular weight excluding hydrogens is 341 g/mol. The summed E-state index contributed by atoms with van der Waals surface area (Å²) in [6.45, 7) is 10.3. The number of rotatable bonds is 5. The number of piperazine rings is 1. The van der Waals surface area contributed by atoms with Crippen LogP contribution in [0.3, 0.4) is 0 Å². The van der Waals surface area contributed by atoms with Crippen molar-refractivity contribution >= 4 is 11.6 Å². The van der Waals surface area contributed by atoms with E-state index in [0.717, 1.165) is 44.6 Å². The van der Waals surface area contributed by atoms with Gasteiger partial charge in [0.15, 0.2) is 5.96 Å². The summed E-state index contributed by atoms with van der Waals surface area (Å²) in [5, 5.41) is 3.55. The van der Waals surface area contributed by atoms with Crippen LogP contribution in [0.15, 0.2) is 29.3 Å². The van der Waals surface area contributed by atoms with Crippen molar-refractivity contribution in [2.24, 2.45) is 10.9 Å². The number of likely N-dealkylation sites (tertiary alicyclic amines) is 1. The number of anilines is 1. The Kier molecular flexibility index (Phi) is 7.33. The second-order valence-corrected chi connectivity index (χ2v) is 7.57. The molecule has 0 amide bonds. The number of guanidine groups is 1. The first-order chi connectivity index (χ1) is 13.2. The van der Waals surface area contributed by atoms with Gasteiger partial charge >= 0.3 is 0 Å². The summed E-state index contributed by atoms with van der Waals surface area (Å²) >= 11 is 0. The van der Waals surface area contributed by atoms with Gasteiger partial charge < -0.3 is 20.0 Å². The van der Waals surface area contributed by atoms with Crippen LogP contribution >= 0.6 is 0 Å². The standard InChI is InChI=1S/C21H34FN5/c1-3-25-12-9-18(10-13-25)8-11-24-21(23-2)27-16-14-26(15-17-27)20-7-5-4-6-19(20)22/h4-7,18H,3,8-17H2,1-2H3,(H,23,24). The maximum atomic E-state index is 14.0. The van der Waals surface area contributed by atoms with Gasteiger partial charge in [-0.15, -0.1) is 0 Å². The molecule has 2 saturated heterocycles. The third kappa shape index (κ3) is 5.34. The molecule has 0 unspecified atom stereocenters. The molecule has 27 heavy (non-hydrogen) atoms. The maximum Gasteiger partial charge on any atom is 0.193 e. The number of para-hydroxylation sites is 1. The van der Waals surface area contributed by atoms with Gasteiger partial charge in [-0.1, -0.05) is 19.1 Å². The average molecular weight is 376 g/mol. The first kappa shape index (κ1) is 19.9. The van der Waals surface area contributed by atoms with Crippen molar-refractivity contribution < 1.29 is 4.39 Å². The summed E-state index contributed by atoms with van der Waals surface area (Å²) < 4.78 is 14.0. The lowest BCUT2D eigenvalue weighted by atomic mass is 9.93. The zero-order valence-corrected chi connectivity index (χ0v) is 16.8. The molecule has 5 nitrogen and oxygen atoms in total. The molecule has 2 aliphatic heterocycles. The summed E-state index contributed by atoms with van der Waals surface area (Å²) in [5.41, 5.74) is 0.707. The van der Waals surface area contributed by atoms with Gasteiger partial charge in [0.2, 0.25) is 0 Å². The van der Waals surface area contributed by atoms with Crippen molar-refractivity contribution in [1.82, 2.24) is 15.1 Å². The van der Waals surface area contributed by atoms with E-state index in [1.807, 2.05) is 19.2 Å². The van der Waals surface area contributed by atoms with Crippen LogP contribution < -0.4 is 10.2 Å². The van der Waals surface area contributed by atoms with E-state index in [2.05, 4.69) is 31.9 Å². The fourth-order valence-electron chi connectivity index (χ4n) is 4.18. The lowest BCUT2D eigenvalue weighted by molar-refractivity contribution is 0.187. The van der Waals surface area contributed by atoms with Crippen LogP contribution in [0.2, 0.25) is 0 Å². The van der Waals surface area contributed by atoms with Gasteiger partial charge in [0.25, 0.3) is 0 Å². The van der Waals surface area contributed by atoms with Gasteiger partial charge in [0.1, 0.15) is 5.82 Å². The minimum Gasteiger partial charge on any atom is -0.366 e. The Bertz CT molecular complexity index is 604. The van der Waals surface area contributed by atoms with Crippen LogP contribution in [0.5, 0.6) is 0 Å². The van der Waals surface area contributed by atoms with Crippen molar-refractivity contribution in [3.05, 3.63) is 30.1 Å². The van der Waals surface area contributed by atoms with E-state index in [1.54, 1.807) is 6.07 Å². The van der Waals surface area contributed by atoms with Crippen LogP contribution in [0.25, 0.3) is 0 Å². The maximum absolute atomic E-state index is 14.0. The molecule has 0 radical (unpaired) electrons. The highest BCUT2D eigenvalue weighted by Gasteiger charge is 2.22. The van der Waals surface area contributed by atoms with Gasteiger partial charge in [-0.2, -0.15) is 0 Å². The Morgan fingerprint density at radius 2 is 1.81 bits per heavy atom. The summed E-state index contributed by atoms with van der Waals surface area (Å²) in [4.78, 5) is 11.4. The Balaban J connectivity index is 1.41. The molecule has 0 atom stereocenters. The molecule has 1 aromatic carbocycles. The monoisotopic (exact) mass is 375 g/mol. The van der Waals surface area contributed by atoms with E-state index in [4.69, 9.17) is 0 Å². The van der Waals surface area contributed by atoms with Crippen molar-refractivity contribution in [2.75, 3.05) is 64.3 Å². The highest BCUT2D eigenvalue weighted by molar-refractivity contribution is 5.80. The topological polar surface area (TPSA) is 34.1 Å². The second-order valence-electron chi connectivity index (χ2n) is 7.57. The van der Waals surface area contributed by atoms with E-state index >= 15 is 0 Å². The molecule has 6 heteroatoms. The second kappa shape index (κ2) is 9.93. The Morgan fingerprint density at radius 3 is 2.44 bits per heavy atom. The molecule has 0 aliphatic carbocycles. The van der Waals surface area contributed by atoms with Crippen LogP contribution in [-0.4, -0.2) is 75.2 Å². The molecule has 0 bridgehead atoms. The number of hydrogen-bond donors (Lipinski definition) is 1. The summed E-state index contributed by atoms with van der Waals surface area (Å²) in [7, 11) is 1.85. The Morgan fingerprint density at radius 1 is 1.11 bits per heavy atom.